The number of fused-ring (bicyclic) bond motifs is 1. The Labute approximate surface area is 156 Å². The number of nitrogens with one attached hydrogen (secondary N) is 2. The van der Waals surface area contributed by atoms with Crippen LogP contribution in [-0.4, -0.2) is 37.9 Å². The second-order valence-corrected chi connectivity index (χ2v) is 7.22. The average molecular weight is 370 g/mol. The van der Waals surface area contributed by atoms with Gasteiger partial charge >= 0.3 is 0 Å². The van der Waals surface area contributed by atoms with E-state index in [2.05, 4.69) is 15.5 Å². The van der Waals surface area contributed by atoms with Gasteiger partial charge in [0.05, 0.1) is 35.5 Å². The Morgan fingerprint density at radius 2 is 2.22 bits per heavy atom. The molecule has 1 aliphatic carbocycles. The maximum Gasteiger partial charge on any atom is 0.253 e. The first-order chi connectivity index (χ1) is 13.1. The molecule has 0 radical (unpaired) electrons. The summed E-state index contributed by atoms with van der Waals surface area (Å²) in [7, 11) is 0. The van der Waals surface area contributed by atoms with Crippen LogP contribution in [0.25, 0.3) is 10.9 Å². The molecule has 7 heteroatoms. The van der Waals surface area contributed by atoms with Crippen molar-refractivity contribution in [1.82, 2.24) is 20.1 Å². The van der Waals surface area contributed by atoms with Gasteiger partial charge in [0, 0.05) is 23.3 Å². The number of aromatic nitrogens is 3. The predicted octanol–water partition coefficient (Wildman–Crippen LogP) is 3.15. The number of halogens is 1. The van der Waals surface area contributed by atoms with Gasteiger partial charge in [0.15, 0.2) is 0 Å². The molecular formula is C20H23FN4O2. The van der Waals surface area contributed by atoms with Crippen molar-refractivity contribution in [2.24, 2.45) is 0 Å². The van der Waals surface area contributed by atoms with E-state index in [1.807, 2.05) is 11.5 Å². The van der Waals surface area contributed by atoms with E-state index in [-0.39, 0.29) is 23.6 Å². The number of hydrogen-bond acceptors (Lipinski definition) is 3. The molecule has 0 spiro atoms. The van der Waals surface area contributed by atoms with Crippen molar-refractivity contribution in [1.29, 1.82) is 0 Å². The van der Waals surface area contributed by atoms with E-state index in [9.17, 15) is 14.3 Å². The quantitative estimate of drug-likeness (QED) is 0.660. The van der Waals surface area contributed by atoms with Gasteiger partial charge in [-0.05, 0) is 31.9 Å². The summed E-state index contributed by atoms with van der Waals surface area (Å²) in [6.07, 6.45) is 7.99. The fourth-order valence-electron chi connectivity index (χ4n) is 3.94. The topological polar surface area (TPSA) is 82.9 Å². The van der Waals surface area contributed by atoms with E-state index in [1.54, 1.807) is 30.7 Å². The molecule has 3 aromatic rings. The van der Waals surface area contributed by atoms with Gasteiger partial charge in [-0.3, -0.25) is 9.89 Å². The summed E-state index contributed by atoms with van der Waals surface area (Å²) in [4.78, 5) is 12.9. The Bertz CT molecular complexity index is 950. The standard InChI is InChI=1S/C20H23FN4O2/c1-12(13-9-22-23-10-13)25-11-14(19-15(21)5-4-7-17(19)25)20(27)24-16-6-2-3-8-18(16)26/h4-5,7,9-12,16,18,26H,2-3,6,8H2,1H3,(H,22,23)(H,24,27)/t12?,16-,18-/m1/s1. The van der Waals surface area contributed by atoms with E-state index in [4.69, 9.17) is 0 Å². The summed E-state index contributed by atoms with van der Waals surface area (Å²) in [6, 6.07) is 4.41. The normalized spacial score (nSPS) is 21.3. The van der Waals surface area contributed by atoms with E-state index in [1.165, 1.54) is 6.07 Å². The molecule has 1 aliphatic rings. The van der Waals surface area contributed by atoms with Crippen molar-refractivity contribution in [2.45, 2.75) is 50.8 Å². The summed E-state index contributed by atoms with van der Waals surface area (Å²) < 4.78 is 16.5. The van der Waals surface area contributed by atoms with Crippen molar-refractivity contribution in [3.8, 4) is 0 Å². The zero-order valence-electron chi connectivity index (χ0n) is 15.2. The van der Waals surface area contributed by atoms with E-state index >= 15 is 0 Å². The number of amides is 1. The number of aliphatic hydroxyl groups is 1. The molecular weight excluding hydrogens is 347 g/mol. The molecule has 2 heterocycles. The van der Waals surface area contributed by atoms with Gasteiger partial charge in [-0.25, -0.2) is 4.39 Å². The first-order valence-corrected chi connectivity index (χ1v) is 9.33. The molecule has 6 nitrogen and oxygen atoms in total. The van der Waals surface area contributed by atoms with Crippen LogP contribution in [-0.2, 0) is 0 Å². The number of carbonyl (C=O) groups is 1. The fraction of sp³-hybridized carbons (Fsp3) is 0.400. The van der Waals surface area contributed by atoms with Crippen LogP contribution in [0.4, 0.5) is 4.39 Å². The molecule has 3 atom stereocenters. The number of hydrogen-bond donors (Lipinski definition) is 3. The zero-order chi connectivity index (χ0) is 19.0. The molecule has 1 saturated carbocycles. The second kappa shape index (κ2) is 7.15. The molecule has 0 bridgehead atoms. The maximum absolute atomic E-state index is 14.6. The fourth-order valence-corrected chi connectivity index (χ4v) is 3.94. The van der Waals surface area contributed by atoms with Crippen LogP contribution < -0.4 is 5.32 Å². The molecule has 0 aliphatic heterocycles. The molecule has 1 aromatic carbocycles. The Morgan fingerprint density at radius 3 is 2.96 bits per heavy atom. The lowest BCUT2D eigenvalue weighted by molar-refractivity contribution is 0.0718. The number of aliphatic hydroxyl groups excluding tert-OH is 1. The zero-order valence-corrected chi connectivity index (χ0v) is 15.2. The number of H-pyrrole nitrogens is 1. The molecule has 142 valence electrons. The number of carbonyl (C=O) groups excluding carboxylic acids is 1. The third-order valence-corrected chi connectivity index (χ3v) is 5.52. The smallest absolute Gasteiger partial charge is 0.253 e. The van der Waals surface area contributed by atoms with Gasteiger partial charge in [-0.15, -0.1) is 0 Å². The lowest BCUT2D eigenvalue weighted by Gasteiger charge is -2.28. The summed E-state index contributed by atoms with van der Waals surface area (Å²) in [5.74, 6) is -0.783. The molecule has 1 fully saturated rings. The summed E-state index contributed by atoms with van der Waals surface area (Å²) in [5.41, 5.74) is 1.88. The monoisotopic (exact) mass is 370 g/mol. The van der Waals surface area contributed by atoms with Crippen molar-refractivity contribution < 1.29 is 14.3 Å². The SMILES string of the molecule is CC(c1cn[nH]c1)n1cc(C(=O)N[C@@H]2CCCC[C@H]2O)c2c(F)cccc21. The minimum Gasteiger partial charge on any atom is -0.391 e. The van der Waals surface area contributed by atoms with E-state index in [0.717, 1.165) is 24.8 Å². The van der Waals surface area contributed by atoms with Crippen LogP contribution in [0, 0.1) is 5.82 Å². The highest BCUT2D eigenvalue weighted by atomic mass is 19.1. The summed E-state index contributed by atoms with van der Waals surface area (Å²) >= 11 is 0. The lowest BCUT2D eigenvalue weighted by Crippen LogP contribution is -2.45. The Kier molecular flexibility index (Phi) is 4.70. The van der Waals surface area contributed by atoms with Crippen molar-refractivity contribution >= 4 is 16.8 Å². The van der Waals surface area contributed by atoms with Gasteiger partial charge in [0.2, 0.25) is 0 Å². The molecule has 27 heavy (non-hydrogen) atoms. The van der Waals surface area contributed by atoms with E-state index in [0.29, 0.717) is 17.3 Å². The van der Waals surface area contributed by atoms with Gasteiger partial charge in [-0.2, -0.15) is 5.10 Å². The number of aromatic amines is 1. The first-order valence-electron chi connectivity index (χ1n) is 9.33. The van der Waals surface area contributed by atoms with Crippen molar-refractivity contribution in [3.05, 3.63) is 53.7 Å². The molecule has 1 unspecified atom stereocenters. The predicted molar refractivity (Wildman–Crippen MR) is 100 cm³/mol. The largest absolute Gasteiger partial charge is 0.391 e. The van der Waals surface area contributed by atoms with E-state index < -0.39 is 11.9 Å². The highest BCUT2D eigenvalue weighted by Crippen LogP contribution is 2.30. The van der Waals surface area contributed by atoms with Crippen LogP contribution in [0.1, 0.15) is 54.6 Å². The van der Waals surface area contributed by atoms with Gasteiger partial charge in [-0.1, -0.05) is 18.9 Å². The van der Waals surface area contributed by atoms with Crippen molar-refractivity contribution in [3.63, 3.8) is 0 Å². The molecule has 1 amide bonds. The minimum atomic E-state index is -0.550. The van der Waals surface area contributed by atoms with Crippen LogP contribution >= 0.6 is 0 Å². The van der Waals surface area contributed by atoms with Crippen molar-refractivity contribution in [2.75, 3.05) is 0 Å². The molecule has 3 N–H and O–H groups in total. The van der Waals surface area contributed by atoms with Crippen LogP contribution in [0.3, 0.4) is 0 Å². The highest BCUT2D eigenvalue weighted by Gasteiger charge is 2.27. The Balaban J connectivity index is 1.73. The van der Waals surface area contributed by atoms with Crippen LogP contribution in [0.5, 0.6) is 0 Å². The lowest BCUT2D eigenvalue weighted by atomic mass is 9.92. The molecule has 0 saturated heterocycles. The molecule has 4 rings (SSSR count). The summed E-state index contributed by atoms with van der Waals surface area (Å²) in [6.45, 7) is 1.97. The number of nitrogens with zero attached hydrogens (tertiary/aromatic N) is 2. The highest BCUT2D eigenvalue weighted by molar-refractivity contribution is 6.07. The Morgan fingerprint density at radius 1 is 1.41 bits per heavy atom. The average Bonchev–Trinajstić information content (AvgIpc) is 3.31. The van der Waals surface area contributed by atoms with Gasteiger partial charge in [0.1, 0.15) is 5.82 Å². The first kappa shape index (κ1) is 17.7. The third-order valence-electron chi connectivity index (χ3n) is 5.52. The van der Waals surface area contributed by atoms with Crippen LogP contribution in [0.2, 0.25) is 0 Å². The number of rotatable bonds is 4. The number of benzene rings is 1. The minimum absolute atomic E-state index is 0.116. The summed E-state index contributed by atoms with van der Waals surface area (Å²) in [5, 5.41) is 20.1. The van der Waals surface area contributed by atoms with Crippen LogP contribution in [0.15, 0.2) is 36.8 Å². The maximum atomic E-state index is 14.6. The molecule has 2 aromatic heterocycles. The Hall–Kier alpha value is -2.67. The third kappa shape index (κ3) is 3.23. The van der Waals surface area contributed by atoms with Gasteiger partial charge in [0.25, 0.3) is 5.91 Å². The second-order valence-electron chi connectivity index (χ2n) is 7.22. The van der Waals surface area contributed by atoms with Gasteiger partial charge < -0.3 is 15.0 Å².